The molecular weight excluding hydrogens is 314 g/mol. The summed E-state index contributed by atoms with van der Waals surface area (Å²) < 4.78 is 0. The molecule has 2 N–H and O–H groups in total. The summed E-state index contributed by atoms with van der Waals surface area (Å²) in [5, 5.41) is 9.18. The van der Waals surface area contributed by atoms with Crippen molar-refractivity contribution in [1.29, 1.82) is 0 Å². The molecule has 1 aromatic rings. The molecule has 0 aromatic carbocycles. The lowest BCUT2D eigenvalue weighted by atomic mass is 10.2. The van der Waals surface area contributed by atoms with Crippen LogP contribution in [0.3, 0.4) is 0 Å². The summed E-state index contributed by atoms with van der Waals surface area (Å²) in [6.07, 6.45) is 3.45. The van der Waals surface area contributed by atoms with Crippen LogP contribution in [-0.2, 0) is 9.59 Å². The molecule has 1 saturated heterocycles. The van der Waals surface area contributed by atoms with Gasteiger partial charge in [-0.1, -0.05) is 0 Å². The highest BCUT2D eigenvalue weighted by Gasteiger charge is 2.17. The van der Waals surface area contributed by atoms with E-state index in [1.54, 1.807) is 11.4 Å². The second kappa shape index (κ2) is 9.29. The van der Waals surface area contributed by atoms with Crippen molar-refractivity contribution in [1.82, 2.24) is 15.5 Å². The number of hydrogen-bond acceptors (Lipinski definition) is 4. The lowest BCUT2D eigenvalue weighted by molar-refractivity contribution is -0.130. The van der Waals surface area contributed by atoms with Crippen molar-refractivity contribution in [3.63, 3.8) is 0 Å². The van der Waals surface area contributed by atoms with E-state index in [0.717, 1.165) is 25.9 Å². The zero-order valence-electron chi connectivity index (χ0n) is 13.2. The first-order valence-corrected chi connectivity index (χ1v) is 8.96. The molecule has 7 heteroatoms. The first kappa shape index (κ1) is 17.5. The van der Waals surface area contributed by atoms with E-state index in [2.05, 4.69) is 10.6 Å². The Morgan fingerprint density at radius 3 is 2.57 bits per heavy atom. The molecule has 126 valence electrons. The number of rotatable bonds is 8. The summed E-state index contributed by atoms with van der Waals surface area (Å²) in [5.41, 5.74) is 0.653. The number of nitrogens with one attached hydrogen (secondary N) is 2. The highest BCUT2D eigenvalue weighted by atomic mass is 32.1. The molecular formula is C16H23N3O3S. The third kappa shape index (κ3) is 6.02. The van der Waals surface area contributed by atoms with E-state index in [9.17, 15) is 14.4 Å². The van der Waals surface area contributed by atoms with Crippen LogP contribution in [0.15, 0.2) is 16.8 Å². The molecule has 2 heterocycles. The van der Waals surface area contributed by atoms with E-state index in [0.29, 0.717) is 37.9 Å². The maximum atomic E-state index is 11.8. The minimum atomic E-state index is -0.108. The van der Waals surface area contributed by atoms with Gasteiger partial charge in [-0.05, 0) is 30.7 Å². The molecule has 1 fully saturated rings. The van der Waals surface area contributed by atoms with Gasteiger partial charge in [-0.2, -0.15) is 11.3 Å². The molecule has 3 amide bonds. The normalized spacial score (nSPS) is 13.8. The fraction of sp³-hybridized carbons (Fsp3) is 0.562. The maximum Gasteiger partial charge on any atom is 0.252 e. The Morgan fingerprint density at radius 1 is 1.09 bits per heavy atom. The van der Waals surface area contributed by atoms with Crippen LogP contribution in [0.4, 0.5) is 0 Å². The smallest absolute Gasteiger partial charge is 0.252 e. The van der Waals surface area contributed by atoms with Gasteiger partial charge in [0.1, 0.15) is 0 Å². The van der Waals surface area contributed by atoms with Crippen molar-refractivity contribution in [2.24, 2.45) is 0 Å². The second-order valence-corrected chi connectivity index (χ2v) is 6.34. The van der Waals surface area contributed by atoms with Crippen molar-refractivity contribution in [3.8, 4) is 0 Å². The van der Waals surface area contributed by atoms with Gasteiger partial charge in [-0.3, -0.25) is 14.4 Å². The summed E-state index contributed by atoms with van der Waals surface area (Å²) in [5.74, 6) is -0.0716. The number of carbonyl (C=O) groups excluding carboxylic acids is 3. The van der Waals surface area contributed by atoms with Gasteiger partial charge in [0.15, 0.2) is 0 Å². The fourth-order valence-electron chi connectivity index (χ4n) is 2.47. The molecule has 0 radical (unpaired) electrons. The van der Waals surface area contributed by atoms with Gasteiger partial charge in [-0.15, -0.1) is 0 Å². The highest BCUT2D eigenvalue weighted by molar-refractivity contribution is 7.08. The molecule has 6 nitrogen and oxygen atoms in total. The Kier molecular flexibility index (Phi) is 7.06. The van der Waals surface area contributed by atoms with Crippen molar-refractivity contribution in [2.75, 3.05) is 26.2 Å². The monoisotopic (exact) mass is 337 g/mol. The van der Waals surface area contributed by atoms with Gasteiger partial charge in [-0.25, -0.2) is 0 Å². The summed E-state index contributed by atoms with van der Waals surface area (Å²) in [6.45, 7) is 2.54. The van der Waals surface area contributed by atoms with Crippen molar-refractivity contribution in [2.45, 2.75) is 32.1 Å². The van der Waals surface area contributed by atoms with Crippen molar-refractivity contribution in [3.05, 3.63) is 22.4 Å². The van der Waals surface area contributed by atoms with Crippen LogP contribution in [-0.4, -0.2) is 48.8 Å². The Labute approximate surface area is 140 Å². The number of carbonyl (C=O) groups is 3. The van der Waals surface area contributed by atoms with Crippen LogP contribution in [0.2, 0.25) is 0 Å². The zero-order valence-corrected chi connectivity index (χ0v) is 14.0. The minimum Gasteiger partial charge on any atom is -0.356 e. The van der Waals surface area contributed by atoms with Gasteiger partial charge in [0.05, 0.1) is 0 Å². The highest BCUT2D eigenvalue weighted by Crippen LogP contribution is 2.08. The zero-order chi connectivity index (χ0) is 16.5. The quantitative estimate of drug-likeness (QED) is 0.704. The largest absolute Gasteiger partial charge is 0.356 e. The summed E-state index contributed by atoms with van der Waals surface area (Å²) in [4.78, 5) is 37.0. The predicted octanol–water partition coefficient (Wildman–Crippen LogP) is 1.39. The molecule has 2 rings (SSSR count). The maximum absolute atomic E-state index is 11.8. The molecule has 0 bridgehead atoms. The molecule has 0 spiro atoms. The lowest BCUT2D eigenvalue weighted by Gasteiger charge is -2.15. The van der Waals surface area contributed by atoms with E-state index < -0.39 is 0 Å². The Hall–Kier alpha value is -1.89. The predicted molar refractivity (Wildman–Crippen MR) is 89.3 cm³/mol. The number of likely N-dealkylation sites (tertiary alicyclic amines) is 1. The first-order valence-electron chi connectivity index (χ1n) is 8.01. The van der Waals surface area contributed by atoms with E-state index in [1.807, 2.05) is 10.3 Å². The van der Waals surface area contributed by atoms with Crippen LogP contribution in [0.25, 0.3) is 0 Å². The molecule has 0 aliphatic carbocycles. The van der Waals surface area contributed by atoms with Gasteiger partial charge in [0.2, 0.25) is 11.8 Å². The van der Waals surface area contributed by atoms with Gasteiger partial charge >= 0.3 is 0 Å². The number of nitrogens with zero attached hydrogens (tertiary/aromatic N) is 1. The van der Waals surface area contributed by atoms with Crippen molar-refractivity contribution >= 4 is 29.1 Å². The van der Waals surface area contributed by atoms with Crippen molar-refractivity contribution < 1.29 is 14.4 Å². The summed E-state index contributed by atoms with van der Waals surface area (Å²) >= 11 is 1.48. The average Bonchev–Trinajstić information content (AvgIpc) is 3.24. The standard InChI is InChI=1S/C16H23N3O3S/c20-14(17-8-5-15(21)19-9-1-2-10-19)4-3-7-18-16(22)13-6-11-23-12-13/h6,11-12H,1-5,7-10H2,(H,17,20)(H,18,22). The summed E-state index contributed by atoms with van der Waals surface area (Å²) in [6, 6.07) is 1.77. The average molecular weight is 337 g/mol. The molecule has 0 saturated carbocycles. The fourth-order valence-corrected chi connectivity index (χ4v) is 3.10. The van der Waals surface area contributed by atoms with Gasteiger partial charge in [0, 0.05) is 50.0 Å². The van der Waals surface area contributed by atoms with Crippen LogP contribution in [0.5, 0.6) is 0 Å². The van der Waals surface area contributed by atoms with Crippen LogP contribution in [0.1, 0.15) is 42.5 Å². The molecule has 1 aliphatic heterocycles. The van der Waals surface area contributed by atoms with E-state index in [1.165, 1.54) is 11.3 Å². The van der Waals surface area contributed by atoms with Gasteiger partial charge < -0.3 is 15.5 Å². The second-order valence-electron chi connectivity index (χ2n) is 5.56. The SMILES string of the molecule is O=C(CCCNC(=O)c1ccsc1)NCCC(=O)N1CCCC1. The molecule has 23 heavy (non-hydrogen) atoms. The van der Waals surface area contributed by atoms with E-state index in [4.69, 9.17) is 0 Å². The third-order valence-electron chi connectivity index (χ3n) is 3.77. The van der Waals surface area contributed by atoms with Crippen LogP contribution < -0.4 is 10.6 Å². The molecule has 1 aromatic heterocycles. The van der Waals surface area contributed by atoms with Crippen LogP contribution >= 0.6 is 11.3 Å². The molecule has 0 atom stereocenters. The van der Waals surface area contributed by atoms with E-state index in [-0.39, 0.29) is 17.7 Å². The Balaban J connectivity index is 1.50. The lowest BCUT2D eigenvalue weighted by Crippen LogP contribution is -2.33. The number of amides is 3. The minimum absolute atomic E-state index is 0.0796. The number of thiophene rings is 1. The van der Waals surface area contributed by atoms with Gasteiger partial charge in [0.25, 0.3) is 5.91 Å². The first-order chi connectivity index (χ1) is 11.2. The Bertz CT molecular complexity index is 525. The molecule has 1 aliphatic rings. The number of hydrogen-bond donors (Lipinski definition) is 2. The Morgan fingerprint density at radius 2 is 1.87 bits per heavy atom. The third-order valence-corrected chi connectivity index (χ3v) is 4.45. The summed E-state index contributed by atoms with van der Waals surface area (Å²) in [7, 11) is 0. The topological polar surface area (TPSA) is 78.5 Å². The van der Waals surface area contributed by atoms with E-state index >= 15 is 0 Å². The van der Waals surface area contributed by atoms with Crippen LogP contribution in [0, 0.1) is 0 Å². The molecule has 0 unspecified atom stereocenters.